The van der Waals surface area contributed by atoms with Crippen molar-refractivity contribution in [1.29, 1.82) is 0 Å². The molecule has 3 rings (SSSR count). The Hall–Kier alpha value is -3.34. The third kappa shape index (κ3) is 5.57. The van der Waals surface area contributed by atoms with Gasteiger partial charge in [0.1, 0.15) is 11.4 Å². The minimum Gasteiger partial charge on any atom is -0.497 e. The maximum absolute atomic E-state index is 12.4. The first-order valence-electron chi connectivity index (χ1n) is 8.94. The first-order valence-corrected chi connectivity index (χ1v) is 8.94. The Labute approximate surface area is 159 Å². The Morgan fingerprint density at radius 3 is 2.67 bits per heavy atom. The average Bonchev–Trinajstić information content (AvgIpc) is 2.72. The molecule has 2 N–H and O–H groups in total. The average molecular weight is 361 g/mol. The highest BCUT2D eigenvalue weighted by Crippen LogP contribution is 2.18. The Morgan fingerprint density at radius 2 is 1.85 bits per heavy atom. The van der Waals surface area contributed by atoms with Crippen molar-refractivity contribution < 1.29 is 9.53 Å². The van der Waals surface area contributed by atoms with Crippen molar-refractivity contribution in [3.8, 4) is 5.75 Å². The lowest BCUT2D eigenvalue weighted by Gasteiger charge is -2.09. The van der Waals surface area contributed by atoms with Gasteiger partial charge in [-0.05, 0) is 42.7 Å². The molecule has 0 saturated heterocycles. The van der Waals surface area contributed by atoms with E-state index in [-0.39, 0.29) is 5.91 Å². The second-order valence-electron chi connectivity index (χ2n) is 6.13. The number of aromatic nitrogens is 1. The largest absolute Gasteiger partial charge is 0.497 e. The van der Waals surface area contributed by atoms with E-state index >= 15 is 0 Å². The van der Waals surface area contributed by atoms with Gasteiger partial charge < -0.3 is 15.4 Å². The van der Waals surface area contributed by atoms with E-state index < -0.39 is 0 Å². The number of benzene rings is 2. The molecule has 5 nitrogen and oxygen atoms in total. The van der Waals surface area contributed by atoms with E-state index in [1.54, 1.807) is 25.4 Å². The molecule has 0 saturated carbocycles. The number of carbonyl (C=O) groups excluding carboxylic acids is 1. The summed E-state index contributed by atoms with van der Waals surface area (Å²) < 4.78 is 5.17. The van der Waals surface area contributed by atoms with E-state index in [4.69, 9.17) is 4.74 Å². The number of nitrogens with zero attached hydrogens (tertiary/aromatic N) is 1. The predicted molar refractivity (Wildman–Crippen MR) is 108 cm³/mol. The quantitative estimate of drug-likeness (QED) is 0.584. The van der Waals surface area contributed by atoms with Crippen molar-refractivity contribution >= 4 is 17.3 Å². The molecule has 1 heterocycles. The Balaban J connectivity index is 1.53. The number of pyridine rings is 1. The smallest absolute Gasteiger partial charge is 0.274 e. The van der Waals surface area contributed by atoms with Gasteiger partial charge in [0, 0.05) is 30.2 Å². The molecule has 0 radical (unpaired) electrons. The number of nitrogens with one attached hydrogen (secondary N) is 2. The molecule has 0 aliphatic rings. The van der Waals surface area contributed by atoms with Gasteiger partial charge in [-0.15, -0.1) is 0 Å². The Kier molecular flexibility index (Phi) is 6.41. The van der Waals surface area contributed by atoms with E-state index in [0.717, 1.165) is 25.1 Å². The lowest BCUT2D eigenvalue weighted by molar-refractivity contribution is 0.102. The number of hydrogen-bond acceptors (Lipinski definition) is 4. The topological polar surface area (TPSA) is 63.2 Å². The zero-order valence-electron chi connectivity index (χ0n) is 15.3. The number of hydrogen-bond donors (Lipinski definition) is 2. The summed E-state index contributed by atoms with van der Waals surface area (Å²) in [7, 11) is 1.59. The third-order valence-electron chi connectivity index (χ3n) is 4.13. The molecule has 0 aliphatic heterocycles. The van der Waals surface area contributed by atoms with Crippen molar-refractivity contribution in [2.75, 3.05) is 24.3 Å². The lowest BCUT2D eigenvalue weighted by Crippen LogP contribution is -2.14. The van der Waals surface area contributed by atoms with E-state index in [1.165, 1.54) is 5.56 Å². The van der Waals surface area contributed by atoms with Crippen LogP contribution in [0.1, 0.15) is 22.5 Å². The molecule has 0 bridgehead atoms. The second-order valence-corrected chi connectivity index (χ2v) is 6.13. The molecule has 0 spiro atoms. The van der Waals surface area contributed by atoms with Crippen LogP contribution in [0.2, 0.25) is 0 Å². The van der Waals surface area contributed by atoms with Gasteiger partial charge in [-0.1, -0.05) is 36.4 Å². The maximum atomic E-state index is 12.4. The summed E-state index contributed by atoms with van der Waals surface area (Å²) in [6.07, 6.45) is 3.67. The third-order valence-corrected chi connectivity index (χ3v) is 4.13. The van der Waals surface area contributed by atoms with Crippen LogP contribution in [0.3, 0.4) is 0 Å². The number of carbonyl (C=O) groups is 1. The van der Waals surface area contributed by atoms with Crippen molar-refractivity contribution in [3.05, 3.63) is 84.2 Å². The van der Waals surface area contributed by atoms with E-state index in [2.05, 4.69) is 39.9 Å². The number of anilines is 2. The number of ether oxygens (including phenoxy) is 1. The van der Waals surface area contributed by atoms with Crippen LogP contribution in [-0.4, -0.2) is 24.5 Å². The van der Waals surface area contributed by atoms with Crippen LogP contribution in [0.5, 0.6) is 5.75 Å². The molecule has 2 aromatic carbocycles. The normalized spacial score (nSPS) is 10.3. The molecule has 5 heteroatoms. The molecule has 0 unspecified atom stereocenters. The first kappa shape index (κ1) is 18.5. The zero-order valence-corrected chi connectivity index (χ0v) is 15.3. The first-order chi connectivity index (χ1) is 13.2. The van der Waals surface area contributed by atoms with Crippen LogP contribution in [0.4, 0.5) is 11.4 Å². The monoisotopic (exact) mass is 361 g/mol. The van der Waals surface area contributed by atoms with Gasteiger partial charge in [-0.2, -0.15) is 0 Å². The number of aryl methyl sites for hydroxylation is 1. The van der Waals surface area contributed by atoms with Crippen LogP contribution in [-0.2, 0) is 6.42 Å². The van der Waals surface area contributed by atoms with Crippen LogP contribution < -0.4 is 15.4 Å². The SMILES string of the molecule is COc1cccc(NC(=O)c2cc(NCCCc3ccccc3)ccn2)c1. The van der Waals surface area contributed by atoms with Gasteiger partial charge in [0.15, 0.2) is 0 Å². The van der Waals surface area contributed by atoms with Crippen LogP contribution in [0.15, 0.2) is 72.9 Å². The molecule has 1 amide bonds. The van der Waals surface area contributed by atoms with E-state index in [9.17, 15) is 4.79 Å². The van der Waals surface area contributed by atoms with Gasteiger partial charge in [-0.25, -0.2) is 0 Å². The fourth-order valence-corrected chi connectivity index (χ4v) is 2.73. The molecular weight excluding hydrogens is 338 g/mol. The summed E-state index contributed by atoms with van der Waals surface area (Å²) in [5.41, 5.74) is 3.24. The highest BCUT2D eigenvalue weighted by molar-refractivity contribution is 6.03. The van der Waals surface area contributed by atoms with Crippen molar-refractivity contribution in [2.24, 2.45) is 0 Å². The van der Waals surface area contributed by atoms with Gasteiger partial charge in [0.05, 0.1) is 7.11 Å². The van der Waals surface area contributed by atoms with E-state index in [0.29, 0.717) is 17.1 Å². The van der Waals surface area contributed by atoms with E-state index in [1.807, 2.05) is 30.3 Å². The highest BCUT2D eigenvalue weighted by Gasteiger charge is 2.09. The molecule has 0 aliphatic carbocycles. The van der Waals surface area contributed by atoms with Gasteiger partial charge >= 0.3 is 0 Å². The molecule has 1 aromatic heterocycles. The highest BCUT2D eigenvalue weighted by atomic mass is 16.5. The lowest BCUT2D eigenvalue weighted by atomic mass is 10.1. The molecule has 0 atom stereocenters. The predicted octanol–water partition coefficient (Wildman–Crippen LogP) is 4.39. The summed E-state index contributed by atoms with van der Waals surface area (Å²) in [6.45, 7) is 0.829. The number of rotatable bonds is 8. The molecule has 27 heavy (non-hydrogen) atoms. The molecule has 0 fully saturated rings. The summed E-state index contributed by atoms with van der Waals surface area (Å²) in [4.78, 5) is 16.6. The maximum Gasteiger partial charge on any atom is 0.274 e. The minimum atomic E-state index is -0.254. The minimum absolute atomic E-state index is 0.254. The van der Waals surface area contributed by atoms with Crippen LogP contribution in [0.25, 0.3) is 0 Å². The van der Waals surface area contributed by atoms with Gasteiger partial charge in [0.25, 0.3) is 5.91 Å². The van der Waals surface area contributed by atoms with Crippen molar-refractivity contribution in [2.45, 2.75) is 12.8 Å². The fraction of sp³-hybridized carbons (Fsp3) is 0.182. The number of amides is 1. The molecule has 138 valence electrons. The molecule has 3 aromatic rings. The van der Waals surface area contributed by atoms with Crippen LogP contribution >= 0.6 is 0 Å². The second kappa shape index (κ2) is 9.38. The van der Waals surface area contributed by atoms with Crippen molar-refractivity contribution in [3.63, 3.8) is 0 Å². The Morgan fingerprint density at radius 1 is 1.00 bits per heavy atom. The summed E-state index contributed by atoms with van der Waals surface area (Å²) in [5.74, 6) is 0.436. The van der Waals surface area contributed by atoms with Crippen LogP contribution in [0, 0.1) is 0 Å². The number of methoxy groups -OCH3 is 1. The zero-order chi connectivity index (χ0) is 18.9. The Bertz CT molecular complexity index is 881. The molecular formula is C22H23N3O2. The summed E-state index contributed by atoms with van der Waals surface area (Å²) >= 11 is 0. The fourth-order valence-electron chi connectivity index (χ4n) is 2.73. The van der Waals surface area contributed by atoms with Gasteiger partial charge in [-0.3, -0.25) is 9.78 Å². The van der Waals surface area contributed by atoms with Crippen molar-refractivity contribution in [1.82, 2.24) is 4.98 Å². The van der Waals surface area contributed by atoms with Gasteiger partial charge in [0.2, 0.25) is 0 Å². The summed E-state index contributed by atoms with van der Waals surface area (Å²) in [5, 5.41) is 6.19. The standard InChI is InChI=1S/C22H23N3O2/c1-27-20-11-5-10-19(15-20)25-22(26)21-16-18(12-14-24-21)23-13-6-9-17-7-3-2-4-8-17/h2-5,7-8,10-12,14-16H,6,9,13H2,1H3,(H,23,24)(H,25,26). The summed E-state index contributed by atoms with van der Waals surface area (Å²) in [6, 6.07) is 21.3.